The number of ether oxygens (including phenoxy) is 1. The molecule has 10 nitrogen and oxygen atoms in total. The quantitative estimate of drug-likeness (QED) is 0.319. The molecule has 12 heteroatoms. The number of aliphatic hydroxyl groups is 1. The van der Waals surface area contributed by atoms with Crippen LogP contribution in [0.4, 0.5) is 15.0 Å². The number of hydrogen-bond donors (Lipinski definition) is 2. The van der Waals surface area contributed by atoms with Crippen molar-refractivity contribution in [3.05, 3.63) is 47.3 Å². The van der Waals surface area contributed by atoms with Gasteiger partial charge in [-0.05, 0) is 95.3 Å². The maximum Gasteiger partial charge on any atom is 0.410 e. The molecular formula is C30H41FN4O6S. The molecule has 1 aromatic carbocycles. The van der Waals surface area contributed by atoms with Crippen molar-refractivity contribution in [2.75, 3.05) is 37.2 Å². The summed E-state index contributed by atoms with van der Waals surface area (Å²) in [6.07, 6.45) is 2.31. The van der Waals surface area contributed by atoms with Crippen LogP contribution in [0.3, 0.4) is 0 Å². The van der Waals surface area contributed by atoms with Crippen LogP contribution < -0.4 is 9.62 Å². The second kappa shape index (κ2) is 12.6. The van der Waals surface area contributed by atoms with Crippen molar-refractivity contribution < 1.29 is 31.9 Å². The standard InChI is InChI=1S/C30H41FN4O6S/c1-7-20-18-23-24(27(36)32-5)25(21-8-10-22(31)11-9-21)40-28(23)33-26(20)35(42(6,38)39)17-14-19-12-15-34(16-13-19)29(37)41-30(2,3)4/h8-11,18-19,27,32,36H,7,12-17H2,1-6H3. The lowest BCUT2D eigenvalue weighted by Gasteiger charge is -2.34. The first-order chi connectivity index (χ1) is 19.7. The number of sulfonamides is 1. The van der Waals surface area contributed by atoms with E-state index in [1.807, 2.05) is 33.8 Å². The lowest BCUT2D eigenvalue weighted by atomic mass is 9.93. The molecule has 3 aromatic rings. The Kier molecular flexibility index (Phi) is 9.49. The third-order valence-corrected chi connectivity index (χ3v) is 8.61. The Bertz CT molecular complexity index is 1510. The molecule has 1 fully saturated rings. The van der Waals surface area contributed by atoms with Crippen LogP contribution in [0.5, 0.6) is 0 Å². The monoisotopic (exact) mass is 604 g/mol. The van der Waals surface area contributed by atoms with E-state index < -0.39 is 27.7 Å². The summed E-state index contributed by atoms with van der Waals surface area (Å²) >= 11 is 0. The molecule has 1 amide bonds. The molecule has 1 unspecified atom stereocenters. The van der Waals surface area contributed by atoms with Crippen LogP contribution in [0.2, 0.25) is 0 Å². The number of rotatable bonds is 9. The van der Waals surface area contributed by atoms with Gasteiger partial charge < -0.3 is 19.2 Å². The van der Waals surface area contributed by atoms with E-state index in [0.717, 1.165) is 19.1 Å². The summed E-state index contributed by atoms with van der Waals surface area (Å²) in [5.41, 5.74) is 1.29. The number of furan rings is 1. The SMILES string of the molecule is CCc1cc2c(C(O)NC)c(-c3ccc(F)cc3)oc2nc1N(CCC1CCN(C(=O)OC(C)(C)C)CC1)S(C)(=O)=O. The van der Waals surface area contributed by atoms with Gasteiger partial charge in [0.15, 0.2) is 0 Å². The molecule has 4 rings (SSSR count). The van der Waals surface area contributed by atoms with Crippen LogP contribution in [0.25, 0.3) is 22.4 Å². The van der Waals surface area contributed by atoms with Gasteiger partial charge in [0.05, 0.1) is 11.8 Å². The van der Waals surface area contributed by atoms with E-state index in [0.29, 0.717) is 53.8 Å². The number of pyridine rings is 1. The fourth-order valence-electron chi connectivity index (χ4n) is 5.24. The Hall–Kier alpha value is -3.22. The van der Waals surface area contributed by atoms with Gasteiger partial charge in [-0.1, -0.05) is 6.92 Å². The number of nitrogens with one attached hydrogen (secondary N) is 1. The van der Waals surface area contributed by atoms with E-state index >= 15 is 0 Å². The number of carbonyl (C=O) groups is 1. The van der Waals surface area contributed by atoms with Crippen molar-refractivity contribution in [3.8, 4) is 11.3 Å². The van der Waals surface area contributed by atoms with Crippen molar-refractivity contribution in [2.45, 2.75) is 65.2 Å². The van der Waals surface area contributed by atoms with E-state index in [1.54, 1.807) is 24.1 Å². The second-order valence-corrected chi connectivity index (χ2v) is 13.7. The number of nitrogens with zero attached hydrogens (tertiary/aromatic N) is 3. The summed E-state index contributed by atoms with van der Waals surface area (Å²) < 4.78 is 52.7. The molecular weight excluding hydrogens is 563 g/mol. The van der Waals surface area contributed by atoms with Crippen molar-refractivity contribution in [1.29, 1.82) is 0 Å². The average Bonchev–Trinajstić information content (AvgIpc) is 3.29. The highest BCUT2D eigenvalue weighted by Crippen LogP contribution is 2.39. The van der Waals surface area contributed by atoms with Crippen LogP contribution >= 0.6 is 0 Å². The second-order valence-electron chi connectivity index (χ2n) is 11.8. The van der Waals surface area contributed by atoms with Crippen molar-refractivity contribution in [2.24, 2.45) is 5.92 Å². The van der Waals surface area contributed by atoms with Crippen LogP contribution in [-0.2, 0) is 21.2 Å². The maximum absolute atomic E-state index is 13.6. The van der Waals surface area contributed by atoms with E-state index in [1.165, 1.54) is 16.4 Å². The van der Waals surface area contributed by atoms with Gasteiger partial charge in [0.1, 0.15) is 29.2 Å². The predicted octanol–water partition coefficient (Wildman–Crippen LogP) is 5.21. The summed E-state index contributed by atoms with van der Waals surface area (Å²) in [6, 6.07) is 7.52. The van der Waals surface area contributed by atoms with Crippen molar-refractivity contribution in [1.82, 2.24) is 15.2 Å². The van der Waals surface area contributed by atoms with Gasteiger partial charge >= 0.3 is 6.09 Å². The average molecular weight is 605 g/mol. The smallest absolute Gasteiger partial charge is 0.410 e. The number of aliphatic hydroxyl groups excluding tert-OH is 1. The van der Waals surface area contributed by atoms with E-state index in [-0.39, 0.29) is 30.1 Å². The Balaban J connectivity index is 1.62. The number of amides is 1. The number of aryl methyl sites for hydroxylation is 1. The normalized spacial score (nSPS) is 15.7. The minimum Gasteiger partial charge on any atom is -0.444 e. The number of halogens is 1. The van der Waals surface area contributed by atoms with Gasteiger partial charge in [-0.3, -0.25) is 9.62 Å². The lowest BCUT2D eigenvalue weighted by molar-refractivity contribution is 0.0182. The molecule has 0 bridgehead atoms. The van der Waals surface area contributed by atoms with Crippen molar-refractivity contribution in [3.63, 3.8) is 0 Å². The first-order valence-electron chi connectivity index (χ1n) is 14.2. The third-order valence-electron chi connectivity index (χ3n) is 7.45. The Morgan fingerprint density at radius 2 is 1.90 bits per heavy atom. The number of carbonyl (C=O) groups excluding carboxylic acids is 1. The maximum atomic E-state index is 13.6. The zero-order valence-electron chi connectivity index (χ0n) is 25.1. The zero-order valence-corrected chi connectivity index (χ0v) is 25.9. The molecule has 0 radical (unpaired) electrons. The Labute approximate surface area is 246 Å². The van der Waals surface area contributed by atoms with Gasteiger partial charge in [-0.2, -0.15) is 4.98 Å². The summed E-state index contributed by atoms with van der Waals surface area (Å²) in [6.45, 7) is 8.75. The Morgan fingerprint density at radius 3 is 2.45 bits per heavy atom. The molecule has 0 aliphatic carbocycles. The number of hydrogen-bond acceptors (Lipinski definition) is 8. The van der Waals surface area contributed by atoms with E-state index in [4.69, 9.17) is 9.15 Å². The molecule has 3 heterocycles. The first-order valence-corrected chi connectivity index (χ1v) is 16.1. The van der Waals surface area contributed by atoms with Gasteiger partial charge in [0, 0.05) is 30.6 Å². The number of aromatic nitrogens is 1. The van der Waals surface area contributed by atoms with Gasteiger partial charge in [0.2, 0.25) is 15.7 Å². The fraction of sp³-hybridized carbons (Fsp3) is 0.533. The third kappa shape index (κ3) is 7.22. The Morgan fingerprint density at radius 1 is 1.26 bits per heavy atom. The van der Waals surface area contributed by atoms with Crippen LogP contribution in [0, 0.1) is 11.7 Å². The highest BCUT2D eigenvalue weighted by molar-refractivity contribution is 7.92. The van der Waals surface area contributed by atoms with Crippen LogP contribution in [-0.4, -0.2) is 68.0 Å². The summed E-state index contributed by atoms with van der Waals surface area (Å²) in [7, 11) is -2.10. The van der Waals surface area contributed by atoms with Crippen molar-refractivity contribution >= 4 is 33.0 Å². The van der Waals surface area contributed by atoms with Gasteiger partial charge in [-0.25, -0.2) is 17.6 Å². The minimum absolute atomic E-state index is 0.171. The lowest BCUT2D eigenvalue weighted by Crippen LogP contribution is -2.42. The fourth-order valence-corrected chi connectivity index (χ4v) is 6.15. The number of fused-ring (bicyclic) bond motifs is 1. The number of anilines is 1. The first kappa shape index (κ1) is 31.7. The number of piperidine rings is 1. The van der Waals surface area contributed by atoms with E-state index in [9.17, 15) is 22.7 Å². The van der Waals surface area contributed by atoms with E-state index in [2.05, 4.69) is 10.3 Å². The molecule has 2 N–H and O–H groups in total. The minimum atomic E-state index is -3.70. The topological polar surface area (TPSA) is 125 Å². The zero-order chi connectivity index (χ0) is 30.8. The molecule has 1 atom stereocenters. The highest BCUT2D eigenvalue weighted by atomic mass is 32.2. The molecule has 1 saturated heterocycles. The van der Waals surface area contributed by atoms with Crippen LogP contribution in [0.15, 0.2) is 34.7 Å². The van der Waals surface area contributed by atoms with Crippen LogP contribution in [0.1, 0.15) is 64.3 Å². The number of likely N-dealkylation sites (tertiary alicyclic amines) is 1. The molecule has 230 valence electrons. The molecule has 2 aromatic heterocycles. The highest BCUT2D eigenvalue weighted by Gasteiger charge is 2.30. The summed E-state index contributed by atoms with van der Waals surface area (Å²) in [5.74, 6) is 0.427. The molecule has 42 heavy (non-hydrogen) atoms. The summed E-state index contributed by atoms with van der Waals surface area (Å²) in [4.78, 5) is 18.8. The summed E-state index contributed by atoms with van der Waals surface area (Å²) in [5, 5.41) is 14.2. The molecule has 1 aliphatic rings. The molecule has 1 aliphatic heterocycles. The van der Waals surface area contributed by atoms with Gasteiger partial charge in [-0.15, -0.1) is 0 Å². The molecule has 0 spiro atoms. The predicted molar refractivity (Wildman–Crippen MR) is 160 cm³/mol. The largest absolute Gasteiger partial charge is 0.444 e. The molecule has 0 saturated carbocycles. The number of benzene rings is 1. The van der Waals surface area contributed by atoms with Gasteiger partial charge in [0.25, 0.3) is 0 Å².